The summed E-state index contributed by atoms with van der Waals surface area (Å²) >= 11 is 3.66. The van der Waals surface area contributed by atoms with E-state index in [0.29, 0.717) is 11.3 Å². The van der Waals surface area contributed by atoms with Crippen molar-refractivity contribution in [1.82, 2.24) is 5.43 Å². The Morgan fingerprint density at radius 1 is 1.04 bits per heavy atom. The Morgan fingerprint density at radius 3 is 2.30 bits per heavy atom. The monoisotopic (exact) mass is 384 g/mol. The molecule has 0 aliphatic carbocycles. The molecule has 8 heteroatoms. The minimum absolute atomic E-state index is 0.0673. The van der Waals surface area contributed by atoms with Gasteiger partial charge < -0.3 is 15.3 Å². The van der Waals surface area contributed by atoms with E-state index in [1.807, 2.05) is 0 Å². The van der Waals surface area contributed by atoms with E-state index < -0.39 is 5.91 Å². The van der Waals surface area contributed by atoms with Crippen LogP contribution in [0, 0.1) is 0 Å². The summed E-state index contributed by atoms with van der Waals surface area (Å²) in [4.78, 5) is 11.9. The molecule has 0 fully saturated rings. The van der Waals surface area contributed by atoms with E-state index >= 15 is 0 Å². The van der Waals surface area contributed by atoms with Crippen LogP contribution in [-0.2, 0) is 15.1 Å². The number of hydrazone groups is 1. The second-order valence-corrected chi connectivity index (χ2v) is 4.36. The predicted molar refractivity (Wildman–Crippen MR) is 83.4 cm³/mol. The van der Waals surface area contributed by atoms with Crippen LogP contribution in [0.25, 0.3) is 0 Å². The Morgan fingerprint density at radius 2 is 1.70 bits per heavy atom. The van der Waals surface area contributed by atoms with Gasteiger partial charge in [-0.3, -0.25) is 4.79 Å². The maximum absolute atomic E-state index is 11.9. The Hall–Kier alpha value is -2.21. The van der Waals surface area contributed by atoms with Crippen LogP contribution >= 0.6 is 10.1 Å². The van der Waals surface area contributed by atoms with Crippen molar-refractivity contribution in [3.05, 3.63) is 53.6 Å². The number of hydrogen-bond donors (Lipinski definition) is 4. The van der Waals surface area contributed by atoms with Crippen LogP contribution in [0.3, 0.4) is 0 Å². The van der Waals surface area contributed by atoms with E-state index in [9.17, 15) is 20.1 Å². The van der Waals surface area contributed by atoms with E-state index in [1.165, 1.54) is 30.3 Å². The molecule has 4 N–H and O–H groups in total. The molecule has 0 atom stereocenters. The average molecular weight is 385 g/mol. The van der Waals surface area contributed by atoms with Crippen LogP contribution in [0.5, 0.6) is 17.2 Å². The summed E-state index contributed by atoms with van der Waals surface area (Å²) in [6.07, 6.45) is 0. The molecule has 0 spiro atoms. The molecule has 0 aromatic heterocycles. The quantitative estimate of drug-likeness (QED) is 0.371. The van der Waals surface area contributed by atoms with Gasteiger partial charge >= 0.3 is 25.2 Å². The van der Waals surface area contributed by atoms with Gasteiger partial charge in [0.05, 0.1) is 11.3 Å². The molecule has 0 unspecified atom stereocenters. The predicted octanol–water partition coefficient (Wildman–Crippen LogP) is 2.64. The summed E-state index contributed by atoms with van der Waals surface area (Å²) in [5.41, 5.74) is 3.13. The fraction of sp³-hybridized carbons (Fsp3) is 0.0667. The summed E-state index contributed by atoms with van der Waals surface area (Å²) < 4.78 is 0. The van der Waals surface area contributed by atoms with Crippen molar-refractivity contribution in [3.8, 4) is 17.2 Å². The number of amides is 1. The second-order valence-electron chi connectivity index (χ2n) is 4.36. The van der Waals surface area contributed by atoms with E-state index in [0.717, 1.165) is 0 Å². The first-order valence-corrected chi connectivity index (χ1v) is 7.55. The van der Waals surface area contributed by atoms with Crippen LogP contribution in [0.2, 0.25) is 0 Å². The van der Waals surface area contributed by atoms with Gasteiger partial charge in [-0.2, -0.15) is 5.10 Å². The van der Waals surface area contributed by atoms with Crippen LogP contribution in [-0.4, -0.2) is 26.9 Å². The van der Waals surface area contributed by atoms with Crippen molar-refractivity contribution >= 4 is 21.7 Å². The normalized spacial score (nSPS) is 10.5. The first-order valence-electron chi connectivity index (χ1n) is 6.25. The number of phenolic OH excluding ortho intramolecular Hbond substituents is 3. The van der Waals surface area contributed by atoms with Gasteiger partial charge in [0.15, 0.2) is 0 Å². The molecular weight excluding hydrogens is 371 g/mol. The van der Waals surface area contributed by atoms with Gasteiger partial charge in [0.25, 0.3) is 5.91 Å². The first-order chi connectivity index (χ1) is 11.0. The zero-order valence-corrected chi connectivity index (χ0v) is 13.6. The molecule has 126 valence electrons. The summed E-state index contributed by atoms with van der Waals surface area (Å²) in [7, 11) is 4.20. The van der Waals surface area contributed by atoms with Crippen molar-refractivity contribution in [2.24, 2.45) is 5.10 Å². The summed E-state index contributed by atoms with van der Waals surface area (Å²) in [6, 6.07) is 10.2. The number of halogens is 1. The topological polar surface area (TPSA) is 102 Å². The fourth-order valence-corrected chi connectivity index (χ4v) is 1.75. The molecule has 0 aliphatic heterocycles. The van der Waals surface area contributed by atoms with Gasteiger partial charge in [0.1, 0.15) is 17.2 Å². The van der Waals surface area contributed by atoms with Gasteiger partial charge in [-0.15, -0.1) is 0 Å². The molecule has 2 rings (SSSR count). The molecule has 0 heterocycles. The van der Waals surface area contributed by atoms with Crippen LogP contribution < -0.4 is 5.43 Å². The van der Waals surface area contributed by atoms with E-state index in [4.69, 9.17) is 0 Å². The van der Waals surface area contributed by atoms with Gasteiger partial charge in [-0.1, -0.05) is 12.1 Å². The van der Waals surface area contributed by atoms with E-state index in [-0.39, 0.29) is 22.8 Å². The SMILES string of the molecule is C/C(=N\NC(=O)c1ccccc1O)c1ccc(O)cc1O.[Cl][Cu]. The summed E-state index contributed by atoms with van der Waals surface area (Å²) in [5, 5.41) is 32.3. The molecule has 1 amide bonds. The van der Waals surface area contributed by atoms with Crippen molar-refractivity contribution in [1.29, 1.82) is 0 Å². The number of nitrogens with zero attached hydrogens (tertiary/aromatic N) is 1. The number of aromatic hydroxyl groups is 3. The van der Waals surface area contributed by atoms with Gasteiger partial charge in [0, 0.05) is 11.6 Å². The maximum atomic E-state index is 11.9. The zero-order chi connectivity index (χ0) is 17.4. The molecule has 2 aromatic rings. The third-order valence-electron chi connectivity index (χ3n) is 2.84. The third-order valence-corrected chi connectivity index (χ3v) is 2.84. The summed E-state index contributed by atoms with van der Waals surface area (Å²) in [5.74, 6) is -0.920. The number of carbonyl (C=O) groups is 1. The number of hydrogen-bond acceptors (Lipinski definition) is 5. The standard InChI is InChI=1S/C15H14N2O4.ClH.Cu/c1-9(11-7-6-10(18)8-14(11)20)16-17-15(21)12-4-2-3-5-13(12)19;;/h2-8,18-20H,1H3,(H,17,21);1H;/q;;+1/p-1/b16-9+;;. The number of nitrogens with one attached hydrogen (secondary N) is 1. The van der Waals surface area contributed by atoms with Gasteiger partial charge in [0.2, 0.25) is 0 Å². The Kier molecular flexibility index (Phi) is 7.41. The van der Waals surface area contributed by atoms with Crippen LogP contribution in [0.1, 0.15) is 22.8 Å². The zero-order valence-electron chi connectivity index (χ0n) is 11.9. The summed E-state index contributed by atoms with van der Waals surface area (Å²) in [6.45, 7) is 1.59. The molecular formula is C15H14ClCuN2O4. The molecule has 0 saturated heterocycles. The van der Waals surface area contributed by atoms with Crippen molar-refractivity contribution in [2.45, 2.75) is 6.92 Å². The number of benzene rings is 2. The van der Waals surface area contributed by atoms with Crippen molar-refractivity contribution < 1.29 is 35.2 Å². The number of carbonyl (C=O) groups excluding carboxylic acids is 1. The van der Waals surface area contributed by atoms with Crippen molar-refractivity contribution in [3.63, 3.8) is 0 Å². The third kappa shape index (κ3) is 5.17. The molecule has 0 bridgehead atoms. The van der Waals surface area contributed by atoms with Crippen LogP contribution in [0.4, 0.5) is 0 Å². The average Bonchev–Trinajstić information content (AvgIpc) is 2.54. The molecule has 23 heavy (non-hydrogen) atoms. The first kappa shape index (κ1) is 18.8. The van der Waals surface area contributed by atoms with E-state index in [2.05, 4.69) is 35.7 Å². The number of phenols is 3. The van der Waals surface area contributed by atoms with E-state index in [1.54, 1.807) is 19.1 Å². The molecule has 2 aromatic carbocycles. The number of para-hydroxylation sites is 1. The Bertz CT molecular complexity index is 722. The molecule has 6 nitrogen and oxygen atoms in total. The Balaban J connectivity index is 0.00000127. The minimum atomic E-state index is -0.564. The molecule has 0 aliphatic rings. The molecule has 0 radical (unpaired) electrons. The fourth-order valence-electron chi connectivity index (χ4n) is 1.75. The number of rotatable bonds is 3. The van der Waals surface area contributed by atoms with Gasteiger partial charge in [-0.05, 0) is 31.2 Å². The van der Waals surface area contributed by atoms with Crippen molar-refractivity contribution in [2.75, 3.05) is 0 Å². The van der Waals surface area contributed by atoms with Crippen LogP contribution in [0.15, 0.2) is 47.6 Å². The Labute approximate surface area is 145 Å². The second kappa shape index (κ2) is 9.05. The molecule has 0 saturated carbocycles. The van der Waals surface area contributed by atoms with Gasteiger partial charge in [-0.25, -0.2) is 5.43 Å².